The van der Waals surface area contributed by atoms with Crippen LogP contribution in [0, 0.1) is 0 Å². The summed E-state index contributed by atoms with van der Waals surface area (Å²) in [6.45, 7) is 3.20. The highest BCUT2D eigenvalue weighted by atomic mass is 32.1. The summed E-state index contributed by atoms with van der Waals surface area (Å²) in [5, 5.41) is 8.75. The molecule has 2 heterocycles. The standard InChI is InChI=1S/C26H24N2O7S/c1-4-34-25(32)22-15(2)27-26-28(23(22)17-6-5-7-19(13-17)33-3)24(31)20(36-26)12-16-8-10-18(11-9-16)35-14-21(29)30/h5-13,23H,4,14H2,1-3H3,(H,29,30)/b20-12-. The van der Waals surface area contributed by atoms with Crippen molar-refractivity contribution < 1.29 is 28.9 Å². The minimum Gasteiger partial charge on any atom is -0.497 e. The van der Waals surface area contributed by atoms with E-state index in [9.17, 15) is 14.4 Å². The number of fused-ring (bicyclic) bond motifs is 1. The third-order valence-electron chi connectivity index (χ3n) is 5.47. The monoisotopic (exact) mass is 508 g/mol. The number of hydrogen-bond donors (Lipinski definition) is 1. The molecular formula is C26H24N2O7S. The minimum absolute atomic E-state index is 0.192. The van der Waals surface area contributed by atoms with Crippen molar-refractivity contribution in [1.82, 2.24) is 4.57 Å². The molecule has 0 spiro atoms. The number of allylic oxidation sites excluding steroid dienone is 1. The largest absolute Gasteiger partial charge is 0.497 e. The zero-order chi connectivity index (χ0) is 25.8. The molecule has 1 unspecified atom stereocenters. The Bertz CT molecular complexity index is 1520. The number of rotatable bonds is 8. The number of esters is 1. The highest BCUT2D eigenvalue weighted by Crippen LogP contribution is 2.32. The van der Waals surface area contributed by atoms with E-state index in [1.54, 1.807) is 69.5 Å². The number of aromatic nitrogens is 1. The van der Waals surface area contributed by atoms with Crippen molar-refractivity contribution in [3.05, 3.63) is 90.6 Å². The van der Waals surface area contributed by atoms with E-state index in [4.69, 9.17) is 19.3 Å². The smallest absolute Gasteiger partial charge is 0.341 e. The van der Waals surface area contributed by atoms with Gasteiger partial charge in [-0.1, -0.05) is 35.6 Å². The van der Waals surface area contributed by atoms with Crippen LogP contribution in [0.1, 0.15) is 31.0 Å². The van der Waals surface area contributed by atoms with Crippen LogP contribution in [-0.2, 0) is 14.3 Å². The van der Waals surface area contributed by atoms with Crippen LogP contribution in [0.5, 0.6) is 11.5 Å². The molecule has 186 valence electrons. The highest BCUT2D eigenvalue weighted by Gasteiger charge is 2.33. The molecule has 0 saturated heterocycles. The first-order valence-corrected chi connectivity index (χ1v) is 11.9. The van der Waals surface area contributed by atoms with E-state index in [1.165, 1.54) is 15.9 Å². The summed E-state index contributed by atoms with van der Waals surface area (Å²) in [6.07, 6.45) is 1.72. The molecule has 0 fully saturated rings. The summed E-state index contributed by atoms with van der Waals surface area (Å²) in [6, 6.07) is 13.2. The fourth-order valence-electron chi connectivity index (χ4n) is 3.88. The van der Waals surface area contributed by atoms with E-state index in [0.29, 0.717) is 37.7 Å². The van der Waals surface area contributed by atoms with Gasteiger partial charge in [-0.15, -0.1) is 0 Å². The van der Waals surface area contributed by atoms with Crippen LogP contribution >= 0.6 is 11.3 Å². The number of aliphatic carboxylic acids is 1. The minimum atomic E-state index is -1.07. The van der Waals surface area contributed by atoms with E-state index in [2.05, 4.69) is 4.99 Å². The molecule has 0 amide bonds. The Hall–Kier alpha value is -4.18. The number of thiazole rings is 1. The van der Waals surface area contributed by atoms with Gasteiger partial charge in [0.2, 0.25) is 0 Å². The van der Waals surface area contributed by atoms with E-state index >= 15 is 0 Å². The molecule has 1 aromatic heterocycles. The summed E-state index contributed by atoms with van der Waals surface area (Å²) in [7, 11) is 1.55. The lowest BCUT2D eigenvalue weighted by Gasteiger charge is -2.25. The number of benzene rings is 2. The molecule has 0 radical (unpaired) electrons. The maximum Gasteiger partial charge on any atom is 0.341 e. The van der Waals surface area contributed by atoms with Crippen molar-refractivity contribution in [3.63, 3.8) is 0 Å². The molecule has 0 aliphatic carbocycles. The number of hydrogen-bond acceptors (Lipinski definition) is 8. The van der Waals surface area contributed by atoms with Crippen LogP contribution in [-0.4, -0.2) is 41.9 Å². The molecule has 3 aromatic rings. The molecule has 36 heavy (non-hydrogen) atoms. The highest BCUT2D eigenvalue weighted by molar-refractivity contribution is 7.07. The van der Waals surface area contributed by atoms with E-state index in [-0.39, 0.29) is 12.2 Å². The summed E-state index contributed by atoms with van der Waals surface area (Å²) >= 11 is 1.22. The first kappa shape index (κ1) is 24.9. The van der Waals surface area contributed by atoms with Crippen molar-refractivity contribution in [2.75, 3.05) is 20.3 Å². The first-order chi connectivity index (χ1) is 17.3. The van der Waals surface area contributed by atoms with Crippen LogP contribution in [0.3, 0.4) is 0 Å². The van der Waals surface area contributed by atoms with Crippen LogP contribution in [0.25, 0.3) is 6.08 Å². The van der Waals surface area contributed by atoms with E-state index in [1.807, 2.05) is 6.07 Å². The maximum atomic E-state index is 13.6. The van der Waals surface area contributed by atoms with E-state index in [0.717, 1.165) is 5.56 Å². The summed E-state index contributed by atoms with van der Waals surface area (Å²) in [5.41, 5.74) is 1.89. The Balaban J connectivity index is 1.82. The molecule has 2 aromatic carbocycles. The van der Waals surface area contributed by atoms with Crippen LogP contribution in [0.15, 0.2) is 69.6 Å². The van der Waals surface area contributed by atoms with Crippen LogP contribution in [0.2, 0.25) is 0 Å². The number of carboxylic acid groups (broad SMARTS) is 1. The topological polar surface area (TPSA) is 116 Å². The van der Waals surface area contributed by atoms with E-state index < -0.39 is 24.6 Å². The van der Waals surface area contributed by atoms with Gasteiger partial charge in [-0.3, -0.25) is 9.36 Å². The number of carbonyl (C=O) groups is 2. The molecule has 0 saturated carbocycles. The predicted octanol–water partition coefficient (Wildman–Crippen LogP) is 2.27. The van der Waals surface area contributed by atoms with Gasteiger partial charge in [-0.05, 0) is 55.3 Å². The lowest BCUT2D eigenvalue weighted by Crippen LogP contribution is -2.39. The average molecular weight is 509 g/mol. The third-order valence-corrected chi connectivity index (χ3v) is 6.45. The summed E-state index contributed by atoms with van der Waals surface area (Å²) in [5.74, 6) is -0.595. The quantitative estimate of drug-likeness (QED) is 0.464. The molecule has 1 N–H and O–H groups in total. The predicted molar refractivity (Wildman–Crippen MR) is 133 cm³/mol. The molecule has 4 rings (SSSR count). The van der Waals surface area contributed by atoms with Crippen molar-refractivity contribution >= 4 is 29.4 Å². The molecule has 0 bridgehead atoms. The lowest BCUT2D eigenvalue weighted by atomic mass is 9.95. The Morgan fingerprint density at radius 2 is 1.92 bits per heavy atom. The number of ether oxygens (including phenoxy) is 3. The third kappa shape index (κ3) is 5.08. The zero-order valence-corrected chi connectivity index (χ0v) is 20.7. The lowest BCUT2D eigenvalue weighted by molar-refractivity contribution is -0.140. The van der Waals surface area contributed by atoms with Gasteiger partial charge in [0.15, 0.2) is 11.4 Å². The van der Waals surface area contributed by atoms with Gasteiger partial charge >= 0.3 is 11.9 Å². The second-order valence-corrected chi connectivity index (χ2v) is 8.84. The Morgan fingerprint density at radius 3 is 2.58 bits per heavy atom. The van der Waals surface area contributed by atoms with Gasteiger partial charge < -0.3 is 19.3 Å². The van der Waals surface area contributed by atoms with Gasteiger partial charge in [0.05, 0.1) is 35.6 Å². The number of nitrogens with zero attached hydrogens (tertiary/aromatic N) is 2. The molecule has 1 aliphatic rings. The molecule has 1 atom stereocenters. The van der Waals surface area contributed by atoms with Crippen LogP contribution < -0.4 is 24.4 Å². The van der Waals surface area contributed by atoms with Gasteiger partial charge in [-0.2, -0.15) is 0 Å². The number of methoxy groups -OCH3 is 1. The molecular weight excluding hydrogens is 484 g/mol. The fraction of sp³-hybridized carbons (Fsp3) is 0.231. The first-order valence-electron chi connectivity index (χ1n) is 11.1. The molecule has 9 nitrogen and oxygen atoms in total. The SMILES string of the molecule is CCOC(=O)C1=C(C)N=c2s/c(=C\c3ccc(OCC(=O)O)cc3)c(=O)n2C1c1cccc(OC)c1. The normalized spacial score (nSPS) is 15.2. The fourth-order valence-corrected chi connectivity index (χ4v) is 4.92. The Kier molecular flexibility index (Phi) is 7.35. The molecule has 1 aliphatic heterocycles. The van der Waals surface area contributed by atoms with Crippen LogP contribution in [0.4, 0.5) is 0 Å². The van der Waals surface area contributed by atoms with Crippen molar-refractivity contribution in [2.24, 2.45) is 4.99 Å². The second-order valence-electron chi connectivity index (χ2n) is 7.83. The Labute approximate surface area is 210 Å². The second kappa shape index (κ2) is 10.6. The van der Waals surface area contributed by atoms with Crippen molar-refractivity contribution in [3.8, 4) is 11.5 Å². The van der Waals surface area contributed by atoms with Gasteiger partial charge in [0.25, 0.3) is 5.56 Å². The number of carboxylic acids is 1. The van der Waals surface area contributed by atoms with Gasteiger partial charge in [-0.25, -0.2) is 14.6 Å². The number of carbonyl (C=O) groups excluding carboxylic acids is 1. The van der Waals surface area contributed by atoms with Gasteiger partial charge in [0.1, 0.15) is 11.5 Å². The zero-order valence-electron chi connectivity index (χ0n) is 19.9. The average Bonchev–Trinajstić information content (AvgIpc) is 3.17. The summed E-state index contributed by atoms with van der Waals surface area (Å²) < 4.78 is 17.8. The van der Waals surface area contributed by atoms with Gasteiger partial charge in [0, 0.05) is 0 Å². The molecule has 10 heteroatoms. The summed E-state index contributed by atoms with van der Waals surface area (Å²) in [4.78, 5) is 42.3. The Morgan fingerprint density at radius 1 is 1.17 bits per heavy atom. The van der Waals surface area contributed by atoms with Crippen molar-refractivity contribution in [1.29, 1.82) is 0 Å². The van der Waals surface area contributed by atoms with Crippen molar-refractivity contribution in [2.45, 2.75) is 19.9 Å². The maximum absolute atomic E-state index is 13.6.